The zero-order valence-electron chi connectivity index (χ0n) is 16.3. The molecule has 0 N–H and O–H groups in total. The minimum Gasteiger partial charge on any atom is -0.348 e. The normalized spacial score (nSPS) is 11.2. The lowest BCUT2D eigenvalue weighted by Crippen LogP contribution is -2.26. The number of halogens is 1. The van der Waals surface area contributed by atoms with Crippen LogP contribution in [0, 0.1) is 0 Å². The van der Waals surface area contributed by atoms with Crippen molar-refractivity contribution in [2.24, 2.45) is 0 Å². The molecular formula is C21H22ClN3O2S. The van der Waals surface area contributed by atoms with Gasteiger partial charge in [0.05, 0.1) is 22.3 Å². The standard InChI is InChI=1S/C21H22ClN3O2S/c1-13(2)15-7-5-6-8-18(15)25-20(27)16-10-9-14(22)11-17(16)23-21(25)28-12-19(26)24(3)4/h5-11,13H,12H2,1-4H3. The van der Waals surface area contributed by atoms with E-state index >= 15 is 0 Å². The molecule has 0 atom stereocenters. The SMILES string of the molecule is CC(C)c1ccccc1-n1c(SCC(=O)N(C)C)nc2cc(Cl)ccc2c1=O. The molecule has 1 heterocycles. The Morgan fingerprint density at radius 1 is 1.21 bits per heavy atom. The van der Waals surface area contributed by atoms with Gasteiger partial charge in [-0.3, -0.25) is 14.2 Å². The van der Waals surface area contributed by atoms with Crippen LogP contribution >= 0.6 is 23.4 Å². The quantitative estimate of drug-likeness (QED) is 0.459. The lowest BCUT2D eigenvalue weighted by molar-refractivity contribution is -0.125. The summed E-state index contributed by atoms with van der Waals surface area (Å²) in [6.07, 6.45) is 0. The predicted octanol–water partition coefficient (Wildman–Crippen LogP) is 4.34. The zero-order valence-corrected chi connectivity index (χ0v) is 17.8. The van der Waals surface area contributed by atoms with E-state index in [0.717, 1.165) is 11.3 Å². The minimum absolute atomic E-state index is 0.0471. The van der Waals surface area contributed by atoms with Crippen LogP contribution in [0.1, 0.15) is 25.3 Å². The summed E-state index contributed by atoms with van der Waals surface area (Å²) in [4.78, 5) is 31.7. The molecule has 0 aliphatic carbocycles. The number of nitrogens with zero attached hydrogens (tertiary/aromatic N) is 3. The topological polar surface area (TPSA) is 55.2 Å². The maximum absolute atomic E-state index is 13.4. The summed E-state index contributed by atoms with van der Waals surface area (Å²) >= 11 is 7.35. The lowest BCUT2D eigenvalue weighted by Gasteiger charge is -2.18. The second-order valence-corrected chi connectivity index (χ2v) is 8.37. The van der Waals surface area contributed by atoms with E-state index in [0.29, 0.717) is 21.1 Å². The molecular weight excluding hydrogens is 394 g/mol. The first-order chi connectivity index (χ1) is 13.3. The van der Waals surface area contributed by atoms with Gasteiger partial charge in [-0.05, 0) is 35.7 Å². The summed E-state index contributed by atoms with van der Waals surface area (Å²) in [5, 5.41) is 1.48. The Morgan fingerprint density at radius 3 is 2.61 bits per heavy atom. The molecule has 0 saturated carbocycles. The van der Waals surface area contributed by atoms with E-state index in [4.69, 9.17) is 11.6 Å². The summed E-state index contributed by atoms with van der Waals surface area (Å²) < 4.78 is 1.61. The van der Waals surface area contributed by atoms with Crippen molar-refractivity contribution in [2.45, 2.75) is 24.9 Å². The Hall–Kier alpha value is -2.31. The van der Waals surface area contributed by atoms with Crippen LogP contribution in [0.2, 0.25) is 5.02 Å². The number of amides is 1. The largest absolute Gasteiger partial charge is 0.348 e. The lowest BCUT2D eigenvalue weighted by atomic mass is 10.0. The molecule has 1 aromatic heterocycles. The molecule has 5 nitrogen and oxygen atoms in total. The van der Waals surface area contributed by atoms with E-state index in [1.54, 1.807) is 36.9 Å². The van der Waals surface area contributed by atoms with Crippen molar-refractivity contribution in [3.63, 3.8) is 0 Å². The van der Waals surface area contributed by atoms with E-state index in [2.05, 4.69) is 18.8 Å². The fourth-order valence-corrected chi connectivity index (χ4v) is 4.03. The van der Waals surface area contributed by atoms with Gasteiger partial charge in [0.1, 0.15) is 0 Å². The average Bonchev–Trinajstić information content (AvgIpc) is 2.65. The van der Waals surface area contributed by atoms with Crippen LogP contribution in [0.25, 0.3) is 16.6 Å². The predicted molar refractivity (Wildman–Crippen MR) is 116 cm³/mol. The molecule has 3 rings (SSSR count). The third-order valence-electron chi connectivity index (χ3n) is 4.42. The van der Waals surface area contributed by atoms with Gasteiger partial charge in [0.15, 0.2) is 5.16 Å². The van der Waals surface area contributed by atoms with Crippen LogP contribution in [0.5, 0.6) is 0 Å². The highest BCUT2D eigenvalue weighted by atomic mass is 35.5. The number of thioether (sulfide) groups is 1. The molecule has 2 aromatic carbocycles. The molecule has 146 valence electrons. The first-order valence-electron chi connectivity index (χ1n) is 8.94. The molecule has 3 aromatic rings. The molecule has 0 fully saturated rings. The van der Waals surface area contributed by atoms with Crippen molar-refractivity contribution >= 4 is 40.2 Å². The average molecular weight is 416 g/mol. The summed E-state index contributed by atoms with van der Waals surface area (Å²) in [7, 11) is 3.41. The highest BCUT2D eigenvalue weighted by Gasteiger charge is 2.18. The minimum atomic E-state index is -0.172. The van der Waals surface area contributed by atoms with Gasteiger partial charge in [-0.25, -0.2) is 4.98 Å². The number of fused-ring (bicyclic) bond motifs is 1. The maximum atomic E-state index is 13.4. The van der Waals surface area contributed by atoms with Gasteiger partial charge in [0, 0.05) is 19.1 Å². The Labute approximate surface area is 173 Å². The molecule has 7 heteroatoms. The van der Waals surface area contributed by atoms with Crippen molar-refractivity contribution in [1.29, 1.82) is 0 Å². The van der Waals surface area contributed by atoms with Gasteiger partial charge >= 0.3 is 0 Å². The van der Waals surface area contributed by atoms with Crippen LogP contribution in [-0.2, 0) is 4.79 Å². The molecule has 0 aliphatic rings. The molecule has 0 unspecified atom stereocenters. The molecule has 0 saturated heterocycles. The Kier molecular flexibility index (Phi) is 6.10. The number of carbonyl (C=O) groups is 1. The highest BCUT2D eigenvalue weighted by Crippen LogP contribution is 2.27. The highest BCUT2D eigenvalue weighted by molar-refractivity contribution is 7.99. The first kappa shape index (κ1) is 20.4. The number of benzene rings is 2. The Morgan fingerprint density at radius 2 is 1.93 bits per heavy atom. The van der Waals surface area contributed by atoms with Gasteiger partial charge < -0.3 is 4.90 Å². The molecule has 0 spiro atoms. The molecule has 1 amide bonds. The van der Waals surface area contributed by atoms with Gasteiger partial charge in [0.25, 0.3) is 5.56 Å². The summed E-state index contributed by atoms with van der Waals surface area (Å²) in [6.45, 7) is 4.17. The Balaban J connectivity index is 2.26. The Bertz CT molecular complexity index is 1090. The third-order valence-corrected chi connectivity index (χ3v) is 5.58. The first-order valence-corrected chi connectivity index (χ1v) is 10.3. The molecule has 28 heavy (non-hydrogen) atoms. The van der Waals surface area contributed by atoms with Crippen LogP contribution in [0.4, 0.5) is 0 Å². The molecule has 0 bridgehead atoms. The molecule has 0 aliphatic heterocycles. The van der Waals surface area contributed by atoms with Crippen LogP contribution < -0.4 is 5.56 Å². The maximum Gasteiger partial charge on any atom is 0.266 e. The number of carbonyl (C=O) groups excluding carboxylic acids is 1. The van der Waals surface area contributed by atoms with Crippen molar-refractivity contribution in [2.75, 3.05) is 19.8 Å². The fourth-order valence-electron chi connectivity index (χ4n) is 2.88. The van der Waals surface area contributed by atoms with E-state index in [-0.39, 0.29) is 23.1 Å². The smallest absolute Gasteiger partial charge is 0.266 e. The van der Waals surface area contributed by atoms with Gasteiger partial charge in [-0.2, -0.15) is 0 Å². The van der Waals surface area contributed by atoms with Crippen LogP contribution in [0.15, 0.2) is 52.4 Å². The van der Waals surface area contributed by atoms with Gasteiger partial charge in [-0.1, -0.05) is 55.4 Å². The number of aromatic nitrogens is 2. The number of rotatable bonds is 5. The van der Waals surface area contributed by atoms with Crippen molar-refractivity contribution < 1.29 is 4.79 Å². The number of hydrogen-bond acceptors (Lipinski definition) is 4. The van der Waals surface area contributed by atoms with Crippen LogP contribution in [0.3, 0.4) is 0 Å². The number of para-hydroxylation sites is 1. The summed E-state index contributed by atoms with van der Waals surface area (Å²) in [5.41, 5.74) is 2.18. The van der Waals surface area contributed by atoms with E-state index < -0.39 is 0 Å². The molecule has 0 radical (unpaired) electrons. The van der Waals surface area contributed by atoms with E-state index in [1.807, 2.05) is 24.3 Å². The summed E-state index contributed by atoms with van der Waals surface area (Å²) in [5.74, 6) is 0.370. The fraction of sp³-hybridized carbons (Fsp3) is 0.286. The second kappa shape index (κ2) is 8.37. The zero-order chi connectivity index (χ0) is 20.4. The van der Waals surface area contributed by atoms with Crippen molar-refractivity contribution in [3.05, 3.63) is 63.4 Å². The second-order valence-electron chi connectivity index (χ2n) is 6.99. The third kappa shape index (κ3) is 4.08. The summed E-state index contributed by atoms with van der Waals surface area (Å²) in [6, 6.07) is 12.8. The van der Waals surface area contributed by atoms with E-state index in [9.17, 15) is 9.59 Å². The monoisotopic (exact) mass is 415 g/mol. The van der Waals surface area contributed by atoms with Crippen LogP contribution in [-0.4, -0.2) is 40.2 Å². The van der Waals surface area contributed by atoms with Crippen molar-refractivity contribution in [1.82, 2.24) is 14.5 Å². The number of hydrogen-bond donors (Lipinski definition) is 0. The van der Waals surface area contributed by atoms with Crippen molar-refractivity contribution in [3.8, 4) is 5.69 Å². The van der Waals surface area contributed by atoms with Gasteiger partial charge in [0.2, 0.25) is 5.91 Å². The van der Waals surface area contributed by atoms with Gasteiger partial charge in [-0.15, -0.1) is 0 Å². The van der Waals surface area contributed by atoms with E-state index in [1.165, 1.54) is 16.7 Å².